The molecule has 1 atom stereocenters. The summed E-state index contributed by atoms with van der Waals surface area (Å²) < 4.78 is 53.9. The molecule has 0 aromatic heterocycles. The number of hydrogen-bond donors (Lipinski definition) is 1. The first-order chi connectivity index (χ1) is 19.8. The third-order valence-corrected chi connectivity index (χ3v) is 7.53. The number of rotatable bonds is 7. The molecule has 2 aromatic carbocycles. The van der Waals surface area contributed by atoms with Gasteiger partial charge in [-0.3, -0.25) is 4.90 Å². The molecule has 2 aliphatic heterocycles. The van der Waals surface area contributed by atoms with E-state index < -0.39 is 42.8 Å². The smallest absolute Gasteiger partial charge is 0.466 e. The minimum atomic E-state index is -3.20. The second kappa shape index (κ2) is 11.5. The number of allylic oxidation sites excluding steroid dienone is 1. The molecule has 13 heteroatoms. The maximum absolute atomic E-state index is 13.4. The molecule has 10 nitrogen and oxygen atoms in total. The van der Waals surface area contributed by atoms with Gasteiger partial charge in [0.25, 0.3) is 0 Å². The van der Waals surface area contributed by atoms with Crippen LogP contribution in [0, 0.1) is 11.3 Å². The molecule has 0 radical (unpaired) electrons. The number of nitriles is 1. The van der Waals surface area contributed by atoms with Crippen LogP contribution in [0.2, 0.25) is 0 Å². The van der Waals surface area contributed by atoms with E-state index in [9.17, 15) is 23.6 Å². The molecule has 1 saturated heterocycles. The molecular weight excluding hydrogens is 551 g/mol. The van der Waals surface area contributed by atoms with Crippen molar-refractivity contribution in [2.24, 2.45) is 5.73 Å². The molecule has 2 N–H and O–H groups in total. The van der Waals surface area contributed by atoms with Crippen molar-refractivity contribution < 1.29 is 41.9 Å². The van der Waals surface area contributed by atoms with Gasteiger partial charge in [-0.1, -0.05) is 30.3 Å². The standard InChI is InChI=1S/C29H30BF2N3O7/c1-28(2)29(3,4)42-30(41-28)17-12-18(14-19(13-17)40-27(31)32)35-23(26(37)39-6)22(25(36)38-5)21(20(15-33)24(35)34)16-10-8-7-9-11-16/h7-14,21,27H,34H2,1-6H3. The van der Waals surface area contributed by atoms with Crippen molar-refractivity contribution in [3.63, 3.8) is 0 Å². The Balaban J connectivity index is 2.02. The van der Waals surface area contributed by atoms with E-state index in [0.29, 0.717) is 5.56 Å². The second-order valence-corrected chi connectivity index (χ2v) is 10.6. The quantitative estimate of drug-likeness (QED) is 0.383. The Hall–Kier alpha value is -4.41. The van der Waals surface area contributed by atoms with Crippen LogP contribution in [0.15, 0.2) is 71.2 Å². The maximum atomic E-state index is 13.4. The van der Waals surface area contributed by atoms with Gasteiger partial charge in [0.1, 0.15) is 17.3 Å². The highest BCUT2D eigenvalue weighted by atomic mass is 19.3. The summed E-state index contributed by atoms with van der Waals surface area (Å²) in [5.74, 6) is -3.58. The highest BCUT2D eigenvalue weighted by Crippen LogP contribution is 2.44. The molecule has 4 rings (SSSR count). The van der Waals surface area contributed by atoms with Crippen molar-refractivity contribution in [1.29, 1.82) is 5.26 Å². The Kier molecular flexibility index (Phi) is 8.34. The van der Waals surface area contributed by atoms with Crippen LogP contribution in [-0.4, -0.2) is 51.1 Å². The lowest BCUT2D eigenvalue weighted by atomic mass is 9.78. The highest BCUT2D eigenvalue weighted by Gasteiger charge is 2.52. The first kappa shape index (κ1) is 30.6. The van der Waals surface area contributed by atoms with Gasteiger partial charge >= 0.3 is 25.7 Å². The molecule has 1 unspecified atom stereocenters. The maximum Gasteiger partial charge on any atom is 0.495 e. The fraction of sp³-hybridized carbons (Fsp3) is 0.345. The summed E-state index contributed by atoms with van der Waals surface area (Å²) in [6.45, 7) is 4.09. The number of anilines is 1. The fourth-order valence-electron chi connectivity index (χ4n) is 4.80. The monoisotopic (exact) mass is 581 g/mol. The van der Waals surface area contributed by atoms with Crippen LogP contribution < -0.4 is 20.8 Å². The normalized spacial score (nSPS) is 19.6. The molecule has 220 valence electrons. The van der Waals surface area contributed by atoms with Gasteiger partial charge in [0.15, 0.2) is 0 Å². The van der Waals surface area contributed by atoms with Crippen molar-refractivity contribution in [2.75, 3.05) is 19.1 Å². The number of nitrogens with zero attached hydrogens (tertiary/aromatic N) is 2. The molecular formula is C29H30BF2N3O7. The Morgan fingerprint density at radius 2 is 1.62 bits per heavy atom. The minimum Gasteiger partial charge on any atom is -0.466 e. The molecule has 42 heavy (non-hydrogen) atoms. The van der Waals surface area contributed by atoms with Crippen LogP contribution >= 0.6 is 0 Å². The SMILES string of the molecule is COC(=O)C1=C(C(=O)OC)N(c2cc(OC(F)F)cc(B3OC(C)(C)C(C)(C)O3)c2)C(N)=C(C#N)C1c1ccccc1. The molecule has 0 aliphatic carbocycles. The van der Waals surface area contributed by atoms with Gasteiger partial charge in [-0.05, 0) is 50.9 Å². The van der Waals surface area contributed by atoms with Crippen LogP contribution in [0.4, 0.5) is 14.5 Å². The predicted molar refractivity (Wildman–Crippen MR) is 148 cm³/mol. The van der Waals surface area contributed by atoms with Crippen molar-refractivity contribution >= 4 is 30.2 Å². The van der Waals surface area contributed by atoms with E-state index in [1.54, 1.807) is 30.3 Å². The first-order valence-corrected chi connectivity index (χ1v) is 12.9. The number of carbonyl (C=O) groups is 2. The van der Waals surface area contributed by atoms with Crippen molar-refractivity contribution in [3.05, 3.63) is 76.8 Å². The molecule has 0 saturated carbocycles. The average Bonchev–Trinajstić information content (AvgIpc) is 3.17. The minimum absolute atomic E-state index is 0.00331. The van der Waals surface area contributed by atoms with E-state index in [-0.39, 0.29) is 39.6 Å². The van der Waals surface area contributed by atoms with Gasteiger partial charge in [0.05, 0.1) is 54.2 Å². The number of carbonyl (C=O) groups excluding carboxylic acids is 2. The number of ether oxygens (including phenoxy) is 3. The number of methoxy groups -OCH3 is 2. The Bertz CT molecular complexity index is 1490. The number of halogens is 2. The van der Waals surface area contributed by atoms with Crippen LogP contribution in [0.25, 0.3) is 0 Å². The van der Waals surface area contributed by atoms with Gasteiger partial charge in [0.2, 0.25) is 0 Å². The first-order valence-electron chi connectivity index (χ1n) is 12.9. The summed E-state index contributed by atoms with van der Waals surface area (Å²) in [6, 6.07) is 14.5. The zero-order valence-corrected chi connectivity index (χ0v) is 23.9. The fourth-order valence-corrected chi connectivity index (χ4v) is 4.80. The molecule has 0 bridgehead atoms. The van der Waals surface area contributed by atoms with E-state index in [4.69, 9.17) is 29.3 Å². The van der Waals surface area contributed by atoms with Gasteiger partial charge in [0, 0.05) is 6.07 Å². The number of hydrogen-bond acceptors (Lipinski definition) is 10. The third-order valence-electron chi connectivity index (χ3n) is 7.53. The average molecular weight is 581 g/mol. The lowest BCUT2D eigenvalue weighted by Gasteiger charge is -2.36. The lowest BCUT2D eigenvalue weighted by Crippen LogP contribution is -2.42. The van der Waals surface area contributed by atoms with Gasteiger partial charge < -0.3 is 29.3 Å². The van der Waals surface area contributed by atoms with Crippen molar-refractivity contribution in [2.45, 2.75) is 51.4 Å². The molecule has 2 aliphatic rings. The summed E-state index contributed by atoms with van der Waals surface area (Å²) in [5, 5.41) is 10.3. The van der Waals surface area contributed by atoms with E-state index >= 15 is 0 Å². The van der Waals surface area contributed by atoms with E-state index in [2.05, 4.69) is 0 Å². The number of benzene rings is 2. The largest absolute Gasteiger partial charge is 0.495 e. The van der Waals surface area contributed by atoms with E-state index in [1.165, 1.54) is 18.2 Å². The van der Waals surface area contributed by atoms with Gasteiger partial charge in [-0.2, -0.15) is 14.0 Å². The predicted octanol–water partition coefficient (Wildman–Crippen LogP) is 3.48. The second-order valence-electron chi connectivity index (χ2n) is 10.6. The number of esters is 2. The summed E-state index contributed by atoms with van der Waals surface area (Å²) in [7, 11) is 1.20. The lowest BCUT2D eigenvalue weighted by molar-refractivity contribution is -0.139. The van der Waals surface area contributed by atoms with Crippen LogP contribution in [0.1, 0.15) is 39.2 Å². The molecule has 0 amide bonds. The molecule has 1 fully saturated rings. The zero-order chi connectivity index (χ0) is 31.0. The Morgan fingerprint density at radius 3 is 2.14 bits per heavy atom. The summed E-state index contributed by atoms with van der Waals surface area (Å²) >= 11 is 0. The molecule has 0 spiro atoms. The van der Waals surface area contributed by atoms with Gasteiger partial charge in [-0.25, -0.2) is 9.59 Å². The number of nitrogens with two attached hydrogens (primary N) is 1. The van der Waals surface area contributed by atoms with Crippen molar-refractivity contribution in [3.8, 4) is 11.8 Å². The van der Waals surface area contributed by atoms with Crippen molar-refractivity contribution in [1.82, 2.24) is 0 Å². The Labute approximate surface area is 242 Å². The summed E-state index contributed by atoms with van der Waals surface area (Å²) in [5.41, 5.74) is 5.04. The van der Waals surface area contributed by atoms with E-state index in [1.807, 2.05) is 33.8 Å². The van der Waals surface area contributed by atoms with Crippen LogP contribution in [-0.2, 0) is 28.4 Å². The molecule has 2 aromatic rings. The molecule has 2 heterocycles. The topological polar surface area (TPSA) is 133 Å². The highest BCUT2D eigenvalue weighted by molar-refractivity contribution is 6.62. The number of alkyl halides is 2. The summed E-state index contributed by atoms with van der Waals surface area (Å²) in [4.78, 5) is 27.8. The van der Waals surface area contributed by atoms with Crippen LogP contribution in [0.3, 0.4) is 0 Å². The third kappa shape index (κ3) is 5.43. The zero-order valence-electron chi connectivity index (χ0n) is 23.9. The van der Waals surface area contributed by atoms with Crippen LogP contribution in [0.5, 0.6) is 5.75 Å². The summed E-state index contributed by atoms with van der Waals surface area (Å²) in [6.07, 6.45) is 0. The van der Waals surface area contributed by atoms with Gasteiger partial charge in [-0.15, -0.1) is 0 Å². The Morgan fingerprint density at radius 1 is 1.02 bits per heavy atom. The van der Waals surface area contributed by atoms with E-state index in [0.717, 1.165) is 19.1 Å².